The molecule has 0 amide bonds. The van der Waals surface area contributed by atoms with E-state index < -0.39 is 0 Å². The quantitative estimate of drug-likeness (QED) is 0.467. The summed E-state index contributed by atoms with van der Waals surface area (Å²) in [6.45, 7) is 1.30. The van der Waals surface area contributed by atoms with Gasteiger partial charge in [-0.05, 0) is 0 Å². The van der Waals surface area contributed by atoms with E-state index in [2.05, 4.69) is 0 Å². The first-order valence-corrected chi connectivity index (χ1v) is 2.61. The molecule has 0 aromatic carbocycles. The highest BCUT2D eigenvalue weighted by atomic mass is 16.7. The van der Waals surface area contributed by atoms with Crippen LogP contribution < -0.4 is 0 Å². The molecule has 0 unspecified atom stereocenters. The van der Waals surface area contributed by atoms with Gasteiger partial charge in [0.25, 0.3) is 0 Å². The van der Waals surface area contributed by atoms with Gasteiger partial charge in [0.2, 0.25) is 7.28 Å². The smallest absolute Gasteiger partial charge is 0.220 e. The molecule has 1 radical (unpaired) electrons. The van der Waals surface area contributed by atoms with Crippen molar-refractivity contribution in [1.29, 1.82) is 0 Å². The van der Waals surface area contributed by atoms with E-state index in [1.54, 1.807) is 7.28 Å². The molecular formula is C4H8BO3. The summed E-state index contributed by atoms with van der Waals surface area (Å²) in [5.74, 6) is 0. The maximum atomic E-state index is 8.31. The number of hydrogen-bond donors (Lipinski definition) is 1. The molecule has 1 fully saturated rings. The monoisotopic (exact) mass is 115 g/mol. The molecule has 0 spiro atoms. The molecule has 0 saturated carbocycles. The summed E-state index contributed by atoms with van der Waals surface area (Å²) in [6, 6.07) is 0. The first-order valence-electron chi connectivity index (χ1n) is 2.61. The van der Waals surface area contributed by atoms with E-state index in [0.29, 0.717) is 13.2 Å². The molecule has 1 aliphatic rings. The van der Waals surface area contributed by atoms with Crippen molar-refractivity contribution in [3.05, 3.63) is 0 Å². The predicted molar refractivity (Wildman–Crippen MR) is 28.5 cm³/mol. The Hall–Kier alpha value is -0.0551. The fourth-order valence-electron chi connectivity index (χ4n) is 0.599. The van der Waals surface area contributed by atoms with E-state index in [4.69, 9.17) is 14.6 Å². The minimum Gasteiger partial charge on any atom is -0.405 e. The van der Waals surface area contributed by atoms with E-state index in [1.165, 1.54) is 0 Å². The van der Waals surface area contributed by atoms with Crippen LogP contribution in [0.1, 0.15) is 0 Å². The van der Waals surface area contributed by atoms with Crippen LogP contribution in [0.4, 0.5) is 0 Å². The summed E-state index contributed by atoms with van der Waals surface area (Å²) in [6.07, 6.45) is -0.264. The highest BCUT2D eigenvalue weighted by Gasteiger charge is 2.15. The van der Waals surface area contributed by atoms with Crippen LogP contribution in [0.15, 0.2) is 0 Å². The van der Waals surface area contributed by atoms with E-state index in [9.17, 15) is 0 Å². The van der Waals surface area contributed by atoms with Crippen LogP contribution in [0.2, 0.25) is 0 Å². The Morgan fingerprint density at radius 3 is 2.62 bits per heavy atom. The van der Waals surface area contributed by atoms with Crippen molar-refractivity contribution in [2.45, 2.75) is 6.19 Å². The summed E-state index contributed by atoms with van der Waals surface area (Å²) in [5, 5.41) is 8.31. The van der Waals surface area contributed by atoms with Gasteiger partial charge in [-0.3, -0.25) is 0 Å². The highest BCUT2D eigenvalue weighted by molar-refractivity contribution is 6.36. The first kappa shape index (κ1) is 6.07. The minimum atomic E-state index is -0.264. The minimum absolute atomic E-state index is 0.0185. The molecule has 3 nitrogen and oxygen atoms in total. The summed E-state index contributed by atoms with van der Waals surface area (Å²) >= 11 is 0. The molecular weight excluding hydrogens is 107 g/mol. The Morgan fingerprint density at radius 1 is 1.50 bits per heavy atom. The van der Waals surface area contributed by atoms with Gasteiger partial charge in [-0.2, -0.15) is 0 Å². The second-order valence-corrected chi connectivity index (χ2v) is 1.53. The van der Waals surface area contributed by atoms with Crippen LogP contribution in [-0.4, -0.2) is 38.3 Å². The normalized spacial score (nSPS) is 21.6. The second-order valence-electron chi connectivity index (χ2n) is 1.53. The van der Waals surface area contributed by atoms with Gasteiger partial charge in [0, 0.05) is 6.51 Å². The average Bonchev–Trinajstić information content (AvgIpc) is 2.19. The molecule has 0 atom stereocenters. The SMILES string of the molecule is OC[B]C1OCCO1. The van der Waals surface area contributed by atoms with Gasteiger partial charge in [-0.15, -0.1) is 0 Å². The van der Waals surface area contributed by atoms with Crippen molar-refractivity contribution in [3.63, 3.8) is 0 Å². The molecule has 0 aliphatic carbocycles. The molecule has 45 valence electrons. The Bertz CT molecular complexity index is 62.3. The molecule has 1 heterocycles. The highest BCUT2D eigenvalue weighted by Crippen LogP contribution is 1.99. The lowest BCUT2D eigenvalue weighted by Gasteiger charge is -2.02. The van der Waals surface area contributed by atoms with Crippen LogP contribution in [-0.2, 0) is 9.47 Å². The molecule has 1 rings (SSSR count). The predicted octanol–water partition coefficient (Wildman–Crippen LogP) is -1.03. The number of aliphatic hydroxyl groups excluding tert-OH is 1. The third-order valence-corrected chi connectivity index (χ3v) is 0.945. The molecule has 0 aromatic heterocycles. The Balaban J connectivity index is 2.06. The fourth-order valence-corrected chi connectivity index (χ4v) is 0.599. The third-order valence-electron chi connectivity index (χ3n) is 0.945. The van der Waals surface area contributed by atoms with Crippen molar-refractivity contribution in [1.82, 2.24) is 0 Å². The van der Waals surface area contributed by atoms with Crippen LogP contribution in [0.5, 0.6) is 0 Å². The maximum absolute atomic E-state index is 8.31. The van der Waals surface area contributed by atoms with E-state index in [1.807, 2.05) is 0 Å². The standard InChI is InChI=1S/C4H8BO3/c6-3-5-4-7-1-2-8-4/h4,6H,1-3H2. The molecule has 1 N–H and O–H groups in total. The summed E-state index contributed by atoms with van der Waals surface area (Å²) in [4.78, 5) is 0. The van der Waals surface area contributed by atoms with Gasteiger partial charge in [-0.1, -0.05) is 0 Å². The Kier molecular flexibility index (Phi) is 2.33. The van der Waals surface area contributed by atoms with Gasteiger partial charge in [0.15, 0.2) is 0 Å². The number of ether oxygens (including phenoxy) is 2. The van der Waals surface area contributed by atoms with E-state index in [-0.39, 0.29) is 12.7 Å². The summed E-state index contributed by atoms with van der Waals surface area (Å²) in [5.41, 5.74) is 0. The number of hydrogen-bond acceptors (Lipinski definition) is 3. The zero-order valence-corrected chi connectivity index (χ0v) is 4.54. The maximum Gasteiger partial charge on any atom is 0.220 e. The van der Waals surface area contributed by atoms with Crippen LogP contribution in [0, 0.1) is 0 Å². The number of aliphatic hydroxyl groups is 1. The fraction of sp³-hybridized carbons (Fsp3) is 1.00. The third kappa shape index (κ3) is 1.47. The van der Waals surface area contributed by atoms with E-state index >= 15 is 0 Å². The summed E-state index contributed by atoms with van der Waals surface area (Å²) < 4.78 is 9.91. The van der Waals surface area contributed by atoms with Gasteiger partial charge in [-0.25, -0.2) is 0 Å². The van der Waals surface area contributed by atoms with Gasteiger partial charge < -0.3 is 14.6 Å². The molecule has 1 aliphatic heterocycles. The lowest BCUT2D eigenvalue weighted by Crippen LogP contribution is -2.20. The zero-order chi connectivity index (χ0) is 5.82. The molecule has 1 saturated heterocycles. The van der Waals surface area contributed by atoms with Crippen LogP contribution in [0.25, 0.3) is 0 Å². The Labute approximate surface area is 48.8 Å². The second kappa shape index (κ2) is 3.07. The molecule has 0 bridgehead atoms. The molecule has 0 aromatic rings. The summed E-state index contributed by atoms with van der Waals surface area (Å²) in [7, 11) is 1.58. The molecule has 8 heavy (non-hydrogen) atoms. The topological polar surface area (TPSA) is 38.7 Å². The van der Waals surface area contributed by atoms with Gasteiger partial charge >= 0.3 is 0 Å². The van der Waals surface area contributed by atoms with Crippen molar-refractivity contribution >= 4 is 7.28 Å². The first-order chi connectivity index (χ1) is 3.93. The molecule has 4 heteroatoms. The lowest BCUT2D eigenvalue weighted by atomic mass is 9.79. The zero-order valence-electron chi connectivity index (χ0n) is 4.54. The largest absolute Gasteiger partial charge is 0.405 e. The Morgan fingerprint density at radius 2 is 2.12 bits per heavy atom. The van der Waals surface area contributed by atoms with Crippen molar-refractivity contribution in [2.75, 3.05) is 19.7 Å². The van der Waals surface area contributed by atoms with E-state index in [0.717, 1.165) is 0 Å². The van der Waals surface area contributed by atoms with Gasteiger partial charge in [0.1, 0.15) is 6.19 Å². The average molecular weight is 115 g/mol. The lowest BCUT2D eigenvalue weighted by molar-refractivity contribution is 0.0218. The van der Waals surface area contributed by atoms with Crippen LogP contribution >= 0.6 is 0 Å². The van der Waals surface area contributed by atoms with Crippen molar-refractivity contribution in [3.8, 4) is 0 Å². The van der Waals surface area contributed by atoms with Crippen molar-refractivity contribution in [2.24, 2.45) is 0 Å². The van der Waals surface area contributed by atoms with Crippen molar-refractivity contribution < 1.29 is 14.6 Å². The van der Waals surface area contributed by atoms with Crippen LogP contribution in [0.3, 0.4) is 0 Å². The van der Waals surface area contributed by atoms with Gasteiger partial charge in [0.05, 0.1) is 13.2 Å². The number of rotatable bonds is 2.